The molecule has 2 heterocycles. The number of hydrazine groups is 1. The van der Waals surface area contributed by atoms with Gasteiger partial charge in [0, 0.05) is 20.0 Å². The number of thioether (sulfide) groups is 1. The van der Waals surface area contributed by atoms with E-state index < -0.39 is 29.2 Å². The number of carboxylic acids is 1. The first-order valence-electron chi connectivity index (χ1n) is 9.69. The lowest BCUT2D eigenvalue weighted by atomic mass is 10.0. The van der Waals surface area contributed by atoms with Gasteiger partial charge in [0.25, 0.3) is 5.91 Å². The van der Waals surface area contributed by atoms with Crippen LogP contribution in [0.25, 0.3) is 0 Å². The highest BCUT2D eigenvalue weighted by Gasteiger charge is 2.44. The van der Waals surface area contributed by atoms with Crippen LogP contribution in [0, 0.1) is 0 Å². The van der Waals surface area contributed by atoms with Gasteiger partial charge in [0.1, 0.15) is 12.1 Å². The van der Waals surface area contributed by atoms with Gasteiger partial charge in [-0.15, -0.1) is 0 Å². The molecule has 2 amide bonds. The normalized spacial score (nSPS) is 23.2. The molecule has 0 aromatic heterocycles. The van der Waals surface area contributed by atoms with Gasteiger partial charge in [0.15, 0.2) is 5.12 Å². The number of hydrogen-bond donors (Lipinski definition) is 2. The summed E-state index contributed by atoms with van der Waals surface area (Å²) in [7, 11) is 0. The summed E-state index contributed by atoms with van der Waals surface area (Å²) >= 11 is 0.940. The average Bonchev–Trinajstić information content (AvgIpc) is 2.69. The quantitative estimate of drug-likeness (QED) is 0.710. The molecule has 3 atom stereocenters. The van der Waals surface area contributed by atoms with Gasteiger partial charge in [-0.3, -0.25) is 19.4 Å². The van der Waals surface area contributed by atoms with Crippen LogP contribution in [0.1, 0.15) is 31.7 Å². The van der Waals surface area contributed by atoms with Crippen molar-refractivity contribution < 1.29 is 24.3 Å². The second kappa shape index (κ2) is 9.41. The number of nitrogens with zero attached hydrogens (tertiary/aromatic N) is 2. The lowest BCUT2D eigenvalue weighted by Gasteiger charge is -2.47. The van der Waals surface area contributed by atoms with Crippen molar-refractivity contribution in [2.45, 2.75) is 49.9 Å². The molecule has 0 spiro atoms. The SMILES string of the molecule is CC(=O)S[C@@H](Cc1ccccc1)C(=O)NC1CCN2CCC[C@@H](C(=O)O)N2C1=O. The van der Waals surface area contributed by atoms with Crippen LogP contribution in [0.2, 0.25) is 0 Å². The molecule has 0 radical (unpaired) electrons. The average molecular weight is 420 g/mol. The van der Waals surface area contributed by atoms with Gasteiger partial charge in [0.05, 0.1) is 5.25 Å². The molecule has 1 aromatic rings. The van der Waals surface area contributed by atoms with E-state index in [1.54, 1.807) is 5.01 Å². The van der Waals surface area contributed by atoms with Gasteiger partial charge in [-0.2, -0.15) is 0 Å². The molecular weight excluding hydrogens is 394 g/mol. The molecule has 29 heavy (non-hydrogen) atoms. The first kappa shape index (κ1) is 21.3. The van der Waals surface area contributed by atoms with Gasteiger partial charge in [-0.25, -0.2) is 9.80 Å². The Bertz CT molecular complexity index is 788. The smallest absolute Gasteiger partial charge is 0.328 e. The number of rotatable bonds is 6. The van der Waals surface area contributed by atoms with Gasteiger partial charge in [-0.1, -0.05) is 42.1 Å². The number of carbonyl (C=O) groups is 4. The van der Waals surface area contributed by atoms with E-state index in [-0.39, 0.29) is 11.0 Å². The number of carboxylic acid groups (broad SMARTS) is 1. The molecule has 2 aliphatic heterocycles. The summed E-state index contributed by atoms with van der Waals surface area (Å²) in [6.45, 7) is 2.54. The third-order valence-electron chi connectivity index (χ3n) is 5.16. The zero-order valence-electron chi connectivity index (χ0n) is 16.2. The molecular formula is C20H25N3O5S. The van der Waals surface area contributed by atoms with Crippen LogP contribution in [-0.2, 0) is 25.6 Å². The Hall–Kier alpha value is -2.39. The van der Waals surface area contributed by atoms with Crippen molar-refractivity contribution >= 4 is 34.7 Å². The van der Waals surface area contributed by atoms with Crippen LogP contribution in [0.5, 0.6) is 0 Å². The third-order valence-corrected chi connectivity index (χ3v) is 6.16. The lowest BCUT2D eigenvalue weighted by Crippen LogP contribution is -2.66. The summed E-state index contributed by atoms with van der Waals surface area (Å²) in [5.41, 5.74) is 0.921. The Kier molecular flexibility index (Phi) is 6.92. The number of fused-ring (bicyclic) bond motifs is 1. The van der Waals surface area contributed by atoms with Gasteiger partial charge >= 0.3 is 5.97 Å². The van der Waals surface area contributed by atoms with E-state index in [4.69, 9.17) is 0 Å². The largest absolute Gasteiger partial charge is 0.480 e. The van der Waals surface area contributed by atoms with Crippen molar-refractivity contribution in [3.63, 3.8) is 0 Å². The molecule has 0 bridgehead atoms. The fourth-order valence-electron chi connectivity index (χ4n) is 3.81. The summed E-state index contributed by atoms with van der Waals surface area (Å²) in [5, 5.41) is 14.5. The highest BCUT2D eigenvalue weighted by molar-refractivity contribution is 8.14. The molecule has 2 fully saturated rings. The van der Waals surface area contributed by atoms with Gasteiger partial charge in [0.2, 0.25) is 5.91 Å². The second-order valence-corrected chi connectivity index (χ2v) is 8.65. The molecule has 156 valence electrons. The summed E-state index contributed by atoms with van der Waals surface area (Å²) in [5.74, 6) is -1.82. The van der Waals surface area contributed by atoms with Crippen molar-refractivity contribution in [2.75, 3.05) is 13.1 Å². The summed E-state index contributed by atoms with van der Waals surface area (Å²) in [4.78, 5) is 49.0. The van der Waals surface area contributed by atoms with Crippen LogP contribution >= 0.6 is 11.8 Å². The molecule has 0 aliphatic carbocycles. The Morgan fingerprint density at radius 2 is 1.93 bits per heavy atom. The number of carbonyl (C=O) groups excluding carboxylic acids is 3. The number of aliphatic carboxylic acids is 1. The number of benzene rings is 1. The second-order valence-electron chi connectivity index (χ2n) is 7.27. The Labute approximate surface area is 173 Å². The molecule has 3 rings (SSSR count). The fraction of sp³-hybridized carbons (Fsp3) is 0.500. The van der Waals surface area contributed by atoms with Gasteiger partial charge < -0.3 is 10.4 Å². The van der Waals surface area contributed by atoms with Crippen LogP contribution in [0.3, 0.4) is 0 Å². The highest BCUT2D eigenvalue weighted by Crippen LogP contribution is 2.25. The zero-order valence-corrected chi connectivity index (χ0v) is 17.1. The number of nitrogens with one attached hydrogen (secondary N) is 1. The summed E-state index contributed by atoms with van der Waals surface area (Å²) in [6.07, 6.45) is 1.89. The first-order valence-corrected chi connectivity index (χ1v) is 10.6. The predicted molar refractivity (Wildman–Crippen MR) is 108 cm³/mol. The first-order chi connectivity index (χ1) is 13.9. The van der Waals surface area contributed by atoms with Crippen LogP contribution in [0.15, 0.2) is 30.3 Å². The summed E-state index contributed by atoms with van der Waals surface area (Å²) in [6, 6.07) is 7.69. The highest BCUT2D eigenvalue weighted by atomic mass is 32.2. The molecule has 8 nitrogen and oxygen atoms in total. The molecule has 9 heteroatoms. The Balaban J connectivity index is 1.71. The maximum Gasteiger partial charge on any atom is 0.328 e. The Morgan fingerprint density at radius 3 is 2.59 bits per heavy atom. The topological polar surface area (TPSA) is 107 Å². The minimum absolute atomic E-state index is 0.177. The van der Waals surface area contributed by atoms with Crippen LogP contribution < -0.4 is 5.32 Å². The minimum Gasteiger partial charge on any atom is -0.480 e. The summed E-state index contributed by atoms with van der Waals surface area (Å²) < 4.78 is 0. The molecule has 2 N–H and O–H groups in total. The van der Waals surface area contributed by atoms with E-state index in [0.717, 1.165) is 17.3 Å². The molecule has 2 aliphatic rings. The van der Waals surface area contributed by atoms with E-state index in [1.807, 2.05) is 30.3 Å². The van der Waals surface area contributed by atoms with Crippen LogP contribution in [-0.4, -0.2) is 68.4 Å². The molecule has 2 saturated heterocycles. The number of amides is 2. The maximum absolute atomic E-state index is 12.9. The zero-order chi connectivity index (χ0) is 21.0. The Morgan fingerprint density at radius 1 is 1.21 bits per heavy atom. The van der Waals surface area contributed by atoms with Crippen LogP contribution in [0.4, 0.5) is 0 Å². The fourth-order valence-corrected chi connectivity index (χ4v) is 4.66. The molecule has 1 unspecified atom stereocenters. The third kappa shape index (κ3) is 5.16. The van der Waals surface area contributed by atoms with Crippen molar-refractivity contribution in [3.8, 4) is 0 Å². The molecule has 0 saturated carbocycles. The number of hydrogen-bond acceptors (Lipinski definition) is 6. The monoisotopic (exact) mass is 419 g/mol. The lowest BCUT2D eigenvalue weighted by molar-refractivity contribution is -0.183. The minimum atomic E-state index is -1.04. The van der Waals surface area contributed by atoms with Crippen molar-refractivity contribution in [2.24, 2.45) is 0 Å². The maximum atomic E-state index is 12.9. The molecule has 1 aromatic carbocycles. The van der Waals surface area contributed by atoms with Gasteiger partial charge in [-0.05, 0) is 31.2 Å². The van der Waals surface area contributed by atoms with Crippen molar-refractivity contribution in [1.29, 1.82) is 0 Å². The van der Waals surface area contributed by atoms with E-state index in [2.05, 4.69) is 5.32 Å². The van der Waals surface area contributed by atoms with Crippen molar-refractivity contribution in [3.05, 3.63) is 35.9 Å². The van der Waals surface area contributed by atoms with E-state index in [9.17, 15) is 24.3 Å². The standard InChI is InChI=1S/C20H25N3O5S/c1-13(24)29-17(12-14-6-3-2-4-7-14)18(25)21-15-9-11-22-10-5-8-16(20(27)28)23(22)19(15)26/h2-4,6-7,15-17H,5,8-12H2,1H3,(H,21,25)(H,27,28)/t15?,16-,17-/m0/s1. The predicted octanol–water partition coefficient (Wildman–Crippen LogP) is 1.06. The van der Waals surface area contributed by atoms with E-state index in [1.165, 1.54) is 11.9 Å². The van der Waals surface area contributed by atoms with E-state index in [0.29, 0.717) is 38.8 Å². The van der Waals surface area contributed by atoms with E-state index >= 15 is 0 Å². The van der Waals surface area contributed by atoms with Crippen molar-refractivity contribution in [1.82, 2.24) is 15.3 Å².